The number of methoxy groups -OCH3 is 2. The van der Waals surface area contributed by atoms with Crippen LogP contribution in [0.2, 0.25) is 0 Å². The first-order valence-electron chi connectivity index (χ1n) is 6.44. The fourth-order valence-electron chi connectivity index (χ4n) is 2.27. The number of ether oxygens (including phenoxy) is 2. The Labute approximate surface area is 125 Å². The van der Waals surface area contributed by atoms with Crippen LogP contribution in [0, 0.1) is 0 Å². The molecule has 7 nitrogen and oxygen atoms in total. The van der Waals surface area contributed by atoms with Crippen molar-refractivity contribution >= 4 is 11.6 Å². The van der Waals surface area contributed by atoms with E-state index in [0.29, 0.717) is 22.8 Å². The second kappa shape index (κ2) is 5.36. The summed E-state index contributed by atoms with van der Waals surface area (Å²) in [4.78, 5) is 15.7. The van der Waals surface area contributed by atoms with Gasteiger partial charge in [-0.25, -0.2) is 14.3 Å². The zero-order valence-corrected chi connectivity index (χ0v) is 12.0. The summed E-state index contributed by atoms with van der Waals surface area (Å²) in [6.07, 6.45) is 3.17. The first-order chi connectivity index (χ1) is 10.7. The molecule has 0 amide bonds. The van der Waals surface area contributed by atoms with Crippen molar-refractivity contribution in [3.05, 3.63) is 42.2 Å². The Hall–Kier alpha value is -3.09. The number of fused-ring (bicyclic) bond motifs is 1. The number of nitrogens with zero attached hydrogens (tertiary/aromatic N) is 3. The molecule has 3 rings (SSSR count). The van der Waals surface area contributed by atoms with E-state index in [1.54, 1.807) is 37.6 Å². The van der Waals surface area contributed by atoms with E-state index in [4.69, 9.17) is 9.47 Å². The molecule has 3 aromatic rings. The number of benzene rings is 1. The van der Waals surface area contributed by atoms with Crippen molar-refractivity contribution in [2.45, 2.75) is 0 Å². The van der Waals surface area contributed by atoms with Gasteiger partial charge >= 0.3 is 5.97 Å². The fourth-order valence-corrected chi connectivity index (χ4v) is 2.27. The third-order valence-electron chi connectivity index (χ3n) is 3.27. The van der Waals surface area contributed by atoms with Crippen molar-refractivity contribution in [1.29, 1.82) is 0 Å². The lowest BCUT2D eigenvalue weighted by atomic mass is 10.1. The van der Waals surface area contributed by atoms with Gasteiger partial charge in [0.25, 0.3) is 0 Å². The van der Waals surface area contributed by atoms with Gasteiger partial charge in [0.15, 0.2) is 5.65 Å². The molecule has 0 bridgehead atoms. The molecule has 0 saturated heterocycles. The summed E-state index contributed by atoms with van der Waals surface area (Å²) in [5, 5.41) is 13.8. The quantitative estimate of drug-likeness (QED) is 0.794. The number of hydrogen-bond acceptors (Lipinski definition) is 5. The number of rotatable bonds is 4. The maximum atomic E-state index is 11.6. The van der Waals surface area contributed by atoms with Gasteiger partial charge in [-0.3, -0.25) is 0 Å². The number of aromatic carboxylic acids is 1. The average molecular weight is 299 g/mol. The van der Waals surface area contributed by atoms with E-state index < -0.39 is 5.97 Å². The van der Waals surface area contributed by atoms with E-state index in [9.17, 15) is 9.90 Å². The van der Waals surface area contributed by atoms with Gasteiger partial charge in [-0.15, -0.1) is 0 Å². The highest BCUT2D eigenvalue weighted by Gasteiger charge is 2.23. The Morgan fingerprint density at radius 3 is 2.77 bits per heavy atom. The van der Waals surface area contributed by atoms with Gasteiger partial charge in [0, 0.05) is 24.0 Å². The minimum Gasteiger partial charge on any atom is -0.497 e. The molecule has 0 aliphatic heterocycles. The van der Waals surface area contributed by atoms with Crippen molar-refractivity contribution in [2.75, 3.05) is 14.2 Å². The fraction of sp³-hybridized carbons (Fsp3) is 0.133. The number of hydrogen-bond donors (Lipinski definition) is 1. The summed E-state index contributed by atoms with van der Waals surface area (Å²) < 4.78 is 11.9. The van der Waals surface area contributed by atoms with Crippen LogP contribution in [-0.2, 0) is 0 Å². The lowest BCUT2D eigenvalue weighted by Gasteiger charge is -2.09. The molecular weight excluding hydrogens is 286 g/mol. The van der Waals surface area contributed by atoms with Crippen LogP contribution in [0.4, 0.5) is 0 Å². The highest BCUT2D eigenvalue weighted by molar-refractivity contribution is 6.01. The van der Waals surface area contributed by atoms with Crippen molar-refractivity contribution in [2.24, 2.45) is 0 Å². The normalized spacial score (nSPS) is 10.6. The molecule has 0 unspecified atom stereocenters. The van der Waals surface area contributed by atoms with Gasteiger partial charge in [-0.05, 0) is 18.2 Å². The Kier molecular flexibility index (Phi) is 3.38. The molecule has 22 heavy (non-hydrogen) atoms. The standard InChI is InChI=1S/C15H13N3O4/c1-21-9-4-5-10(11(8-9)22-2)13-12(15(19)20)14-16-6-3-7-18(14)17-13/h3-8H,1-2H3,(H,19,20). The van der Waals surface area contributed by atoms with Gasteiger partial charge in [-0.1, -0.05) is 0 Å². The van der Waals surface area contributed by atoms with Crippen molar-refractivity contribution in [3.63, 3.8) is 0 Å². The molecule has 2 heterocycles. The molecule has 7 heteroatoms. The van der Waals surface area contributed by atoms with Gasteiger partial charge in [0.2, 0.25) is 0 Å². The van der Waals surface area contributed by atoms with E-state index in [2.05, 4.69) is 10.1 Å². The highest BCUT2D eigenvalue weighted by Crippen LogP contribution is 2.35. The third-order valence-corrected chi connectivity index (χ3v) is 3.27. The number of aromatic nitrogens is 3. The van der Waals surface area contributed by atoms with Crippen LogP contribution in [0.1, 0.15) is 10.4 Å². The van der Waals surface area contributed by atoms with Crippen LogP contribution in [-0.4, -0.2) is 39.9 Å². The SMILES string of the molecule is COc1ccc(-c2nn3cccnc3c2C(=O)O)c(OC)c1. The number of carboxylic acid groups (broad SMARTS) is 1. The highest BCUT2D eigenvalue weighted by atomic mass is 16.5. The predicted molar refractivity (Wildman–Crippen MR) is 78.5 cm³/mol. The van der Waals surface area contributed by atoms with Crippen LogP contribution >= 0.6 is 0 Å². The minimum absolute atomic E-state index is 0.0315. The predicted octanol–water partition coefficient (Wildman–Crippen LogP) is 2.11. The Morgan fingerprint density at radius 2 is 2.09 bits per heavy atom. The van der Waals surface area contributed by atoms with Crippen LogP contribution in [0.5, 0.6) is 11.5 Å². The molecule has 0 aliphatic rings. The van der Waals surface area contributed by atoms with E-state index >= 15 is 0 Å². The first kappa shape index (κ1) is 13.9. The summed E-state index contributed by atoms with van der Waals surface area (Å²) in [6, 6.07) is 6.80. The van der Waals surface area contributed by atoms with Gasteiger partial charge in [0.05, 0.1) is 14.2 Å². The lowest BCUT2D eigenvalue weighted by Crippen LogP contribution is -2.00. The monoisotopic (exact) mass is 299 g/mol. The number of carboxylic acids is 1. The van der Waals surface area contributed by atoms with Crippen LogP contribution in [0.15, 0.2) is 36.7 Å². The van der Waals surface area contributed by atoms with Crippen LogP contribution < -0.4 is 9.47 Å². The smallest absolute Gasteiger partial charge is 0.341 e. The molecule has 0 fully saturated rings. The lowest BCUT2D eigenvalue weighted by molar-refractivity contribution is 0.0699. The average Bonchev–Trinajstić information content (AvgIpc) is 2.93. The summed E-state index contributed by atoms with van der Waals surface area (Å²) in [6.45, 7) is 0. The molecule has 112 valence electrons. The van der Waals surface area contributed by atoms with Crippen molar-refractivity contribution < 1.29 is 19.4 Å². The maximum absolute atomic E-state index is 11.6. The van der Waals surface area contributed by atoms with E-state index in [1.807, 2.05) is 0 Å². The number of carbonyl (C=O) groups is 1. The van der Waals surface area contributed by atoms with E-state index in [1.165, 1.54) is 17.8 Å². The zero-order chi connectivity index (χ0) is 15.7. The second-order valence-corrected chi connectivity index (χ2v) is 4.48. The maximum Gasteiger partial charge on any atom is 0.341 e. The molecule has 1 aromatic carbocycles. The van der Waals surface area contributed by atoms with E-state index in [0.717, 1.165) is 0 Å². The Bertz CT molecular complexity index is 857. The van der Waals surface area contributed by atoms with Crippen molar-refractivity contribution in [3.8, 4) is 22.8 Å². The minimum atomic E-state index is -1.10. The van der Waals surface area contributed by atoms with Crippen molar-refractivity contribution in [1.82, 2.24) is 14.6 Å². The van der Waals surface area contributed by atoms with Crippen LogP contribution in [0.3, 0.4) is 0 Å². The topological polar surface area (TPSA) is 86.0 Å². The third kappa shape index (κ3) is 2.12. The molecule has 1 N–H and O–H groups in total. The molecule has 0 spiro atoms. The molecule has 0 aliphatic carbocycles. The molecular formula is C15H13N3O4. The van der Waals surface area contributed by atoms with E-state index in [-0.39, 0.29) is 11.2 Å². The second-order valence-electron chi connectivity index (χ2n) is 4.48. The summed E-state index contributed by atoms with van der Waals surface area (Å²) in [5.74, 6) is -0.00816. The summed E-state index contributed by atoms with van der Waals surface area (Å²) in [5.41, 5.74) is 1.17. The summed E-state index contributed by atoms with van der Waals surface area (Å²) in [7, 11) is 3.05. The molecule has 0 radical (unpaired) electrons. The van der Waals surface area contributed by atoms with Gasteiger partial charge in [0.1, 0.15) is 22.8 Å². The van der Waals surface area contributed by atoms with Gasteiger partial charge < -0.3 is 14.6 Å². The summed E-state index contributed by atoms with van der Waals surface area (Å²) >= 11 is 0. The molecule has 0 saturated carbocycles. The van der Waals surface area contributed by atoms with Crippen LogP contribution in [0.25, 0.3) is 16.9 Å². The Balaban J connectivity index is 2.30. The van der Waals surface area contributed by atoms with Gasteiger partial charge in [-0.2, -0.15) is 5.10 Å². The largest absolute Gasteiger partial charge is 0.497 e. The zero-order valence-electron chi connectivity index (χ0n) is 12.0. The first-order valence-corrected chi connectivity index (χ1v) is 6.44. The molecule has 0 atom stereocenters. The molecule has 2 aromatic heterocycles. The Morgan fingerprint density at radius 1 is 1.27 bits per heavy atom.